The lowest BCUT2D eigenvalue weighted by Gasteiger charge is -2.04. The Morgan fingerprint density at radius 3 is 2.76 bits per heavy atom. The van der Waals surface area contributed by atoms with Gasteiger partial charge in [-0.1, -0.05) is 0 Å². The van der Waals surface area contributed by atoms with Gasteiger partial charge in [-0.15, -0.1) is 0 Å². The van der Waals surface area contributed by atoms with Crippen molar-refractivity contribution in [2.24, 2.45) is 0 Å². The number of halogens is 2. The van der Waals surface area contributed by atoms with Crippen LogP contribution in [-0.2, 0) is 6.54 Å². The number of benzene rings is 1. The average Bonchev–Trinajstić information content (AvgIpc) is 2.80. The van der Waals surface area contributed by atoms with Gasteiger partial charge in [0.2, 0.25) is 0 Å². The number of nitrogens with zero attached hydrogens (tertiary/aromatic N) is 4. The Hall–Kier alpha value is -2.81. The molecule has 0 radical (unpaired) electrons. The molecule has 0 amide bonds. The highest BCUT2D eigenvalue weighted by molar-refractivity contribution is 5.77. The van der Waals surface area contributed by atoms with Crippen molar-refractivity contribution in [1.82, 2.24) is 14.5 Å². The zero-order chi connectivity index (χ0) is 15.0. The van der Waals surface area contributed by atoms with Crippen LogP contribution in [0.2, 0.25) is 0 Å². The van der Waals surface area contributed by atoms with E-state index in [-0.39, 0.29) is 6.54 Å². The summed E-state index contributed by atoms with van der Waals surface area (Å²) in [6, 6.07) is 7.40. The number of nitriles is 1. The highest BCUT2D eigenvalue weighted by Crippen LogP contribution is 2.25. The summed E-state index contributed by atoms with van der Waals surface area (Å²) in [5.74, 6) is -1.48. The molecule has 2 heterocycles. The Labute approximate surface area is 119 Å². The van der Waals surface area contributed by atoms with Gasteiger partial charge in [-0.3, -0.25) is 4.57 Å². The van der Waals surface area contributed by atoms with E-state index in [9.17, 15) is 8.78 Å². The van der Waals surface area contributed by atoms with Crippen molar-refractivity contribution in [2.45, 2.75) is 13.5 Å². The molecule has 104 valence electrons. The second kappa shape index (κ2) is 4.94. The van der Waals surface area contributed by atoms with Crippen LogP contribution in [0, 0.1) is 29.9 Å². The molecule has 3 aromatic rings. The highest BCUT2D eigenvalue weighted by atomic mass is 19.2. The number of imidazole rings is 1. The van der Waals surface area contributed by atoms with Crippen LogP contribution in [-0.4, -0.2) is 14.5 Å². The van der Waals surface area contributed by atoms with Crippen molar-refractivity contribution in [3.63, 3.8) is 0 Å². The summed E-state index contributed by atoms with van der Waals surface area (Å²) in [5.41, 5.74) is 2.49. The maximum Gasteiger partial charge on any atom is 0.161 e. The van der Waals surface area contributed by atoms with Crippen LogP contribution in [0.3, 0.4) is 0 Å². The van der Waals surface area contributed by atoms with Crippen LogP contribution in [0.4, 0.5) is 8.78 Å². The molecule has 21 heavy (non-hydrogen) atoms. The molecule has 1 aromatic carbocycles. The SMILES string of the molecule is Cc1cnc2c(c1)nc(-c1ccc(F)c(F)c1)n2CC#N. The van der Waals surface area contributed by atoms with E-state index in [0.717, 1.165) is 17.7 Å². The molecule has 0 aliphatic heterocycles. The Balaban J connectivity index is 2.27. The van der Waals surface area contributed by atoms with E-state index in [1.54, 1.807) is 10.8 Å². The fraction of sp³-hybridized carbons (Fsp3) is 0.133. The fourth-order valence-corrected chi connectivity index (χ4v) is 2.19. The lowest BCUT2D eigenvalue weighted by atomic mass is 10.2. The molecular formula is C15H10F2N4. The minimum absolute atomic E-state index is 0.0287. The van der Waals surface area contributed by atoms with Crippen LogP contribution in [0.5, 0.6) is 0 Å². The lowest BCUT2D eigenvalue weighted by molar-refractivity contribution is 0.509. The quantitative estimate of drug-likeness (QED) is 0.726. The molecule has 0 atom stereocenters. The summed E-state index contributed by atoms with van der Waals surface area (Å²) in [6.07, 6.45) is 1.67. The van der Waals surface area contributed by atoms with E-state index in [1.807, 2.05) is 19.1 Å². The number of aryl methyl sites for hydroxylation is 1. The molecular weight excluding hydrogens is 274 g/mol. The van der Waals surface area contributed by atoms with Gasteiger partial charge < -0.3 is 0 Å². The van der Waals surface area contributed by atoms with Crippen molar-refractivity contribution >= 4 is 11.2 Å². The third-order valence-electron chi connectivity index (χ3n) is 3.13. The molecule has 0 bridgehead atoms. The Morgan fingerprint density at radius 1 is 1.24 bits per heavy atom. The topological polar surface area (TPSA) is 54.5 Å². The maximum atomic E-state index is 13.4. The van der Waals surface area contributed by atoms with Crippen molar-refractivity contribution < 1.29 is 8.78 Å². The minimum atomic E-state index is -0.952. The number of fused-ring (bicyclic) bond motifs is 1. The summed E-state index contributed by atoms with van der Waals surface area (Å²) >= 11 is 0. The first-order chi connectivity index (χ1) is 10.1. The van der Waals surface area contributed by atoms with E-state index in [1.165, 1.54) is 6.07 Å². The molecule has 4 nitrogen and oxygen atoms in total. The van der Waals surface area contributed by atoms with Gasteiger partial charge in [0.05, 0.1) is 6.07 Å². The molecule has 0 spiro atoms. The Kier molecular flexibility index (Phi) is 3.10. The molecule has 0 aliphatic carbocycles. The lowest BCUT2D eigenvalue weighted by Crippen LogP contribution is -2.00. The number of hydrogen-bond donors (Lipinski definition) is 0. The molecule has 6 heteroatoms. The molecule has 0 saturated heterocycles. The second-order valence-corrected chi connectivity index (χ2v) is 4.66. The van der Waals surface area contributed by atoms with Crippen LogP contribution < -0.4 is 0 Å². The first-order valence-electron chi connectivity index (χ1n) is 6.25. The van der Waals surface area contributed by atoms with E-state index in [0.29, 0.717) is 22.6 Å². The van der Waals surface area contributed by atoms with Crippen LogP contribution in [0.25, 0.3) is 22.6 Å². The number of aromatic nitrogens is 3. The summed E-state index contributed by atoms with van der Waals surface area (Å²) in [4.78, 5) is 8.66. The first-order valence-corrected chi connectivity index (χ1v) is 6.25. The van der Waals surface area contributed by atoms with Gasteiger partial charge in [0.25, 0.3) is 0 Å². The molecule has 0 saturated carbocycles. The largest absolute Gasteiger partial charge is 0.295 e. The predicted molar refractivity (Wildman–Crippen MR) is 73.2 cm³/mol. The Morgan fingerprint density at radius 2 is 2.05 bits per heavy atom. The van der Waals surface area contributed by atoms with Gasteiger partial charge >= 0.3 is 0 Å². The van der Waals surface area contributed by atoms with Gasteiger partial charge in [-0.25, -0.2) is 18.7 Å². The normalized spacial score (nSPS) is 10.8. The van der Waals surface area contributed by atoms with Gasteiger partial charge in [-0.2, -0.15) is 5.26 Å². The molecule has 0 unspecified atom stereocenters. The van der Waals surface area contributed by atoms with E-state index in [4.69, 9.17) is 5.26 Å². The molecule has 3 rings (SSSR count). The van der Waals surface area contributed by atoms with Crippen molar-refractivity contribution in [3.05, 3.63) is 47.7 Å². The van der Waals surface area contributed by atoms with E-state index < -0.39 is 11.6 Å². The Bertz CT molecular complexity index is 877. The smallest absolute Gasteiger partial charge is 0.161 e. The van der Waals surface area contributed by atoms with Crippen LogP contribution >= 0.6 is 0 Å². The van der Waals surface area contributed by atoms with Gasteiger partial charge in [0.1, 0.15) is 17.9 Å². The third-order valence-corrected chi connectivity index (χ3v) is 3.13. The van der Waals surface area contributed by atoms with Gasteiger partial charge in [-0.05, 0) is 36.8 Å². The second-order valence-electron chi connectivity index (χ2n) is 4.66. The van der Waals surface area contributed by atoms with E-state index in [2.05, 4.69) is 9.97 Å². The van der Waals surface area contributed by atoms with Crippen molar-refractivity contribution in [1.29, 1.82) is 5.26 Å². The zero-order valence-electron chi connectivity index (χ0n) is 11.1. The minimum Gasteiger partial charge on any atom is -0.295 e. The van der Waals surface area contributed by atoms with Crippen LogP contribution in [0.1, 0.15) is 5.56 Å². The van der Waals surface area contributed by atoms with Crippen LogP contribution in [0.15, 0.2) is 30.5 Å². The number of pyridine rings is 1. The summed E-state index contributed by atoms with van der Waals surface area (Å²) in [6.45, 7) is 1.91. The first kappa shape index (κ1) is 13.2. The summed E-state index contributed by atoms with van der Waals surface area (Å²) < 4.78 is 28.0. The third kappa shape index (κ3) is 2.23. The van der Waals surface area contributed by atoms with Crippen molar-refractivity contribution in [2.75, 3.05) is 0 Å². The monoisotopic (exact) mass is 284 g/mol. The molecule has 2 aromatic heterocycles. The standard InChI is InChI=1S/C15H10F2N4/c1-9-6-13-15(19-8-9)21(5-4-18)14(20-13)10-2-3-11(16)12(17)7-10/h2-3,6-8H,5H2,1H3. The maximum absolute atomic E-state index is 13.4. The fourth-order valence-electron chi connectivity index (χ4n) is 2.19. The zero-order valence-corrected chi connectivity index (χ0v) is 11.1. The van der Waals surface area contributed by atoms with Crippen molar-refractivity contribution in [3.8, 4) is 17.5 Å². The molecule has 0 aliphatic rings. The van der Waals surface area contributed by atoms with Gasteiger partial charge in [0.15, 0.2) is 17.3 Å². The van der Waals surface area contributed by atoms with Gasteiger partial charge in [0, 0.05) is 11.8 Å². The summed E-state index contributed by atoms with van der Waals surface area (Å²) in [7, 11) is 0. The number of hydrogen-bond acceptors (Lipinski definition) is 3. The predicted octanol–water partition coefficient (Wildman–Crippen LogP) is 3.21. The molecule has 0 fully saturated rings. The molecule has 0 N–H and O–H groups in total. The average molecular weight is 284 g/mol. The highest BCUT2D eigenvalue weighted by Gasteiger charge is 2.15. The number of rotatable bonds is 2. The van der Waals surface area contributed by atoms with E-state index >= 15 is 0 Å². The summed E-state index contributed by atoms with van der Waals surface area (Å²) in [5, 5.41) is 8.96.